The topological polar surface area (TPSA) is 101 Å². The van der Waals surface area contributed by atoms with Gasteiger partial charge in [-0.3, -0.25) is 14.4 Å². The fraction of sp³-hybridized carbons (Fsp3) is 0.333. The predicted octanol–water partition coefficient (Wildman–Crippen LogP) is 2.63. The Bertz CT molecular complexity index is 848. The quantitative estimate of drug-likeness (QED) is 0.418. The van der Waals surface area contributed by atoms with Gasteiger partial charge in [-0.1, -0.05) is 23.9 Å². The van der Waals surface area contributed by atoms with Gasteiger partial charge >= 0.3 is 0 Å². The number of hydrogen-bond acceptors (Lipinski definition) is 6. The van der Waals surface area contributed by atoms with Crippen LogP contribution in [0.5, 0.6) is 0 Å². The molecule has 138 valence electrons. The number of thioether (sulfide) groups is 1. The van der Waals surface area contributed by atoms with Gasteiger partial charge in [-0.25, -0.2) is 4.98 Å². The van der Waals surface area contributed by atoms with Crippen LogP contribution >= 0.6 is 11.8 Å². The molecule has 1 heterocycles. The Morgan fingerprint density at radius 2 is 2.08 bits per heavy atom. The third kappa shape index (κ3) is 6.45. The highest BCUT2D eigenvalue weighted by molar-refractivity contribution is 7.99. The number of benzene rings is 1. The Kier molecular flexibility index (Phi) is 7.11. The maximum Gasteiger partial charge on any atom is 0.251 e. The second-order valence-corrected chi connectivity index (χ2v) is 6.84. The van der Waals surface area contributed by atoms with E-state index in [4.69, 9.17) is 4.74 Å². The second kappa shape index (κ2) is 9.30. The molecule has 2 aromatic rings. The lowest BCUT2D eigenvalue weighted by molar-refractivity contribution is -0.113. The molecule has 0 aliphatic rings. The first-order chi connectivity index (χ1) is 12.3. The summed E-state index contributed by atoms with van der Waals surface area (Å²) >= 11 is 1.12. The Morgan fingerprint density at radius 3 is 2.77 bits per heavy atom. The van der Waals surface area contributed by atoms with Crippen molar-refractivity contribution in [3.05, 3.63) is 51.9 Å². The van der Waals surface area contributed by atoms with Crippen molar-refractivity contribution in [1.29, 1.82) is 0 Å². The minimum absolute atomic E-state index is 0.0312. The average Bonchev–Trinajstić information content (AvgIpc) is 2.58. The monoisotopic (exact) mass is 375 g/mol. The summed E-state index contributed by atoms with van der Waals surface area (Å²) in [5.41, 5.74) is 1.29. The molecule has 7 nitrogen and oxygen atoms in total. The molecule has 0 aliphatic carbocycles. The van der Waals surface area contributed by atoms with Crippen LogP contribution in [0.25, 0.3) is 0 Å². The lowest BCUT2D eigenvalue weighted by Crippen LogP contribution is -2.16. The van der Waals surface area contributed by atoms with Crippen LogP contribution in [0.1, 0.15) is 36.8 Å². The van der Waals surface area contributed by atoms with Crippen LogP contribution in [0.15, 0.2) is 40.3 Å². The van der Waals surface area contributed by atoms with Gasteiger partial charge in [0.25, 0.3) is 5.56 Å². The zero-order valence-corrected chi connectivity index (χ0v) is 15.7. The molecule has 2 rings (SSSR count). The summed E-state index contributed by atoms with van der Waals surface area (Å²) in [5.74, 6) is -0.262. The van der Waals surface area contributed by atoms with E-state index in [9.17, 15) is 14.4 Å². The molecule has 0 atom stereocenters. The van der Waals surface area contributed by atoms with E-state index < -0.39 is 0 Å². The van der Waals surface area contributed by atoms with Gasteiger partial charge < -0.3 is 15.0 Å². The Hall–Kier alpha value is -2.45. The van der Waals surface area contributed by atoms with E-state index in [1.165, 1.54) is 13.0 Å². The molecular formula is C18H21N3O4S. The number of aromatic amines is 1. The number of hydrogen-bond donors (Lipinski definition) is 2. The molecule has 0 radical (unpaired) electrons. The minimum atomic E-state index is -0.292. The highest BCUT2D eigenvalue weighted by Gasteiger charge is 2.09. The largest absolute Gasteiger partial charge is 0.373 e. The summed E-state index contributed by atoms with van der Waals surface area (Å²) < 4.78 is 5.44. The summed E-state index contributed by atoms with van der Waals surface area (Å²) in [5, 5.41) is 3.07. The standard InChI is InChI=1S/C18H21N3O4S/c1-11(2)25-9-15-8-16(23)21-18(20-15)26-10-17(24)19-14-6-4-5-13(7-14)12(3)22/h4-8,11H,9-10H2,1-3H3,(H,19,24)(H,20,21,23). The van der Waals surface area contributed by atoms with E-state index in [1.54, 1.807) is 24.3 Å². The molecule has 1 aromatic heterocycles. The Balaban J connectivity index is 1.95. The molecule has 0 bridgehead atoms. The summed E-state index contributed by atoms with van der Waals surface area (Å²) in [6.45, 7) is 5.50. The van der Waals surface area contributed by atoms with Crippen molar-refractivity contribution in [1.82, 2.24) is 9.97 Å². The van der Waals surface area contributed by atoms with Crippen LogP contribution in [0.4, 0.5) is 5.69 Å². The van der Waals surface area contributed by atoms with E-state index >= 15 is 0 Å². The lowest BCUT2D eigenvalue weighted by atomic mass is 10.1. The molecule has 1 amide bonds. The second-order valence-electron chi connectivity index (χ2n) is 5.88. The molecule has 26 heavy (non-hydrogen) atoms. The molecule has 0 saturated heterocycles. The van der Waals surface area contributed by atoms with Gasteiger partial charge in [-0.05, 0) is 32.9 Å². The smallest absolute Gasteiger partial charge is 0.251 e. The molecule has 2 N–H and O–H groups in total. The van der Waals surface area contributed by atoms with Crippen molar-refractivity contribution in [2.24, 2.45) is 0 Å². The van der Waals surface area contributed by atoms with Gasteiger partial charge in [0.2, 0.25) is 5.91 Å². The molecule has 0 saturated carbocycles. The van der Waals surface area contributed by atoms with Crippen LogP contribution in [-0.4, -0.2) is 33.5 Å². The zero-order valence-electron chi connectivity index (χ0n) is 14.9. The third-order valence-electron chi connectivity index (χ3n) is 3.23. The number of nitrogens with one attached hydrogen (secondary N) is 2. The number of Topliss-reactive ketones (excluding diaryl/α,β-unsaturated/α-hetero) is 1. The van der Waals surface area contributed by atoms with E-state index in [0.29, 0.717) is 22.1 Å². The number of ketones is 1. The maximum absolute atomic E-state index is 12.1. The average molecular weight is 375 g/mol. The van der Waals surface area contributed by atoms with Crippen molar-refractivity contribution in [3.63, 3.8) is 0 Å². The first-order valence-electron chi connectivity index (χ1n) is 8.09. The number of carbonyl (C=O) groups is 2. The van der Waals surface area contributed by atoms with Crippen LogP contribution in [0.2, 0.25) is 0 Å². The van der Waals surface area contributed by atoms with Crippen molar-refractivity contribution < 1.29 is 14.3 Å². The molecular weight excluding hydrogens is 354 g/mol. The SMILES string of the molecule is CC(=O)c1cccc(NC(=O)CSc2nc(COC(C)C)cc(=O)[nH]2)c1. The third-order valence-corrected chi connectivity index (χ3v) is 4.10. The number of H-pyrrole nitrogens is 1. The molecule has 0 spiro atoms. The fourth-order valence-electron chi connectivity index (χ4n) is 2.02. The fourth-order valence-corrected chi connectivity index (χ4v) is 2.72. The first-order valence-corrected chi connectivity index (χ1v) is 9.07. The molecule has 0 fully saturated rings. The lowest BCUT2D eigenvalue weighted by Gasteiger charge is -2.08. The van der Waals surface area contributed by atoms with Crippen LogP contribution in [0.3, 0.4) is 0 Å². The van der Waals surface area contributed by atoms with Gasteiger partial charge in [-0.15, -0.1) is 0 Å². The van der Waals surface area contributed by atoms with Gasteiger partial charge in [0.15, 0.2) is 10.9 Å². The molecule has 0 aliphatic heterocycles. The summed E-state index contributed by atoms with van der Waals surface area (Å²) in [7, 11) is 0. The van der Waals surface area contributed by atoms with Gasteiger partial charge in [0, 0.05) is 17.3 Å². The highest BCUT2D eigenvalue weighted by Crippen LogP contribution is 2.15. The zero-order chi connectivity index (χ0) is 19.1. The molecule has 0 unspecified atom stereocenters. The van der Waals surface area contributed by atoms with Crippen LogP contribution in [-0.2, 0) is 16.1 Å². The number of amides is 1. The summed E-state index contributed by atoms with van der Waals surface area (Å²) in [6.07, 6.45) is 0.0312. The Morgan fingerprint density at radius 1 is 1.31 bits per heavy atom. The van der Waals surface area contributed by atoms with E-state index in [0.717, 1.165) is 11.8 Å². The van der Waals surface area contributed by atoms with Crippen LogP contribution < -0.4 is 10.9 Å². The number of anilines is 1. The van der Waals surface area contributed by atoms with E-state index in [1.807, 2.05) is 13.8 Å². The van der Waals surface area contributed by atoms with Crippen molar-refractivity contribution >= 4 is 29.1 Å². The van der Waals surface area contributed by atoms with Gasteiger partial charge in [0.05, 0.1) is 24.2 Å². The van der Waals surface area contributed by atoms with E-state index in [2.05, 4.69) is 15.3 Å². The Labute approximate surface area is 155 Å². The van der Waals surface area contributed by atoms with Crippen molar-refractivity contribution in [2.45, 2.75) is 38.6 Å². The first kappa shape index (κ1) is 19.9. The highest BCUT2D eigenvalue weighted by atomic mass is 32.2. The normalized spacial score (nSPS) is 10.8. The number of rotatable bonds is 8. The minimum Gasteiger partial charge on any atom is -0.373 e. The number of ether oxygens (including phenoxy) is 1. The van der Waals surface area contributed by atoms with E-state index in [-0.39, 0.29) is 35.7 Å². The predicted molar refractivity (Wildman–Crippen MR) is 101 cm³/mol. The summed E-state index contributed by atoms with van der Waals surface area (Å²) in [4.78, 5) is 42.0. The number of nitrogens with zero attached hydrogens (tertiary/aromatic N) is 1. The van der Waals surface area contributed by atoms with Crippen molar-refractivity contribution in [2.75, 3.05) is 11.1 Å². The number of carbonyl (C=O) groups excluding carboxylic acids is 2. The number of aromatic nitrogens is 2. The summed E-state index contributed by atoms with van der Waals surface area (Å²) in [6, 6.07) is 8.09. The van der Waals surface area contributed by atoms with Gasteiger partial charge in [0.1, 0.15) is 0 Å². The van der Waals surface area contributed by atoms with Crippen molar-refractivity contribution in [3.8, 4) is 0 Å². The maximum atomic E-state index is 12.1. The van der Waals surface area contributed by atoms with Crippen LogP contribution in [0, 0.1) is 0 Å². The molecule has 8 heteroatoms. The van der Waals surface area contributed by atoms with Gasteiger partial charge in [-0.2, -0.15) is 0 Å². The molecule has 1 aromatic carbocycles.